The van der Waals surface area contributed by atoms with Gasteiger partial charge in [0.2, 0.25) is 5.91 Å². The Morgan fingerprint density at radius 1 is 1.17 bits per heavy atom. The number of carbonyl (C=O) groups is 2. The number of nitrogens with zero attached hydrogens (tertiary/aromatic N) is 1. The third-order valence-corrected chi connectivity index (χ3v) is 4.44. The van der Waals surface area contributed by atoms with Crippen LogP contribution in [-0.4, -0.2) is 43.9 Å². The summed E-state index contributed by atoms with van der Waals surface area (Å²) >= 11 is 1.68. The van der Waals surface area contributed by atoms with E-state index in [0.29, 0.717) is 0 Å². The smallest absolute Gasteiger partial charge is 0.275 e. The summed E-state index contributed by atoms with van der Waals surface area (Å²) in [5.41, 5.74) is 1.16. The fourth-order valence-corrected chi connectivity index (χ4v) is 3.02. The normalized spacial score (nSPS) is 11.7. The van der Waals surface area contributed by atoms with Crippen LogP contribution in [0.25, 0.3) is 0 Å². The first-order chi connectivity index (χ1) is 11.1. The quantitative estimate of drug-likeness (QED) is 0.780. The molecule has 1 heterocycles. The van der Waals surface area contributed by atoms with E-state index in [9.17, 15) is 9.59 Å². The molecule has 2 amide bonds. The topological polar surface area (TPSA) is 66.0 Å². The van der Waals surface area contributed by atoms with Crippen molar-refractivity contribution in [2.75, 3.05) is 27.2 Å². The van der Waals surface area contributed by atoms with Crippen molar-refractivity contribution >= 4 is 23.2 Å². The Labute approximate surface area is 140 Å². The summed E-state index contributed by atoms with van der Waals surface area (Å²) in [5.74, 6) is -0.256. The van der Waals surface area contributed by atoms with Gasteiger partial charge in [-0.25, -0.2) is 0 Å². The van der Waals surface area contributed by atoms with Crippen molar-refractivity contribution in [1.29, 1.82) is 0 Å². The fourth-order valence-electron chi connectivity index (χ4n) is 2.17. The summed E-state index contributed by atoms with van der Waals surface area (Å²) in [6.07, 6.45) is 0. The molecule has 1 atom stereocenters. The van der Waals surface area contributed by atoms with Gasteiger partial charge in [-0.05, 0) is 11.4 Å². The number of hydrogen-bond acceptors (Lipinski definition) is 3. The maximum Gasteiger partial charge on any atom is 0.275 e. The summed E-state index contributed by atoms with van der Waals surface area (Å²) < 4.78 is 0. The number of likely N-dealkylation sites (N-methyl/N-ethyl adjacent to an activating group) is 1. The standard InChI is InChI=1S/C17H21N3O2S/c1-20(2)16(22)12-18-15(21)11-19-17(14-9-6-10-23-14)13-7-4-3-5-8-13/h3-10,17,19H,11-12H2,1-2H3,(H,18,21)/p+1/t17-/m0/s1. The SMILES string of the molecule is CN(C)C(=O)CNC(=O)C[NH2+][C@@H](c1ccccc1)c1cccs1. The molecule has 5 nitrogen and oxygen atoms in total. The summed E-state index contributed by atoms with van der Waals surface area (Å²) in [7, 11) is 3.34. The number of hydrogen-bond donors (Lipinski definition) is 2. The van der Waals surface area contributed by atoms with Crippen LogP contribution >= 0.6 is 11.3 Å². The van der Waals surface area contributed by atoms with Crippen LogP contribution in [0.15, 0.2) is 47.8 Å². The minimum absolute atomic E-state index is 0.0364. The minimum atomic E-state index is -0.141. The van der Waals surface area contributed by atoms with Crippen molar-refractivity contribution in [3.05, 3.63) is 58.3 Å². The first kappa shape index (κ1) is 17.2. The van der Waals surface area contributed by atoms with Gasteiger partial charge in [-0.3, -0.25) is 9.59 Å². The highest BCUT2D eigenvalue weighted by Crippen LogP contribution is 2.22. The molecule has 0 saturated carbocycles. The van der Waals surface area contributed by atoms with Crippen LogP contribution in [-0.2, 0) is 9.59 Å². The number of thiophene rings is 1. The van der Waals surface area contributed by atoms with E-state index >= 15 is 0 Å². The van der Waals surface area contributed by atoms with E-state index in [1.54, 1.807) is 25.4 Å². The number of quaternary nitrogens is 1. The first-order valence-electron chi connectivity index (χ1n) is 7.46. The van der Waals surface area contributed by atoms with Gasteiger partial charge >= 0.3 is 0 Å². The molecule has 0 aliphatic rings. The molecule has 2 aromatic rings. The van der Waals surface area contributed by atoms with E-state index < -0.39 is 0 Å². The van der Waals surface area contributed by atoms with E-state index in [1.807, 2.05) is 35.0 Å². The Morgan fingerprint density at radius 3 is 2.52 bits per heavy atom. The Morgan fingerprint density at radius 2 is 1.91 bits per heavy atom. The predicted octanol–water partition coefficient (Wildman–Crippen LogP) is 0.605. The number of carbonyl (C=O) groups excluding carboxylic acids is 2. The van der Waals surface area contributed by atoms with Gasteiger partial charge < -0.3 is 15.5 Å². The van der Waals surface area contributed by atoms with Gasteiger partial charge in [0.05, 0.1) is 11.4 Å². The van der Waals surface area contributed by atoms with Crippen molar-refractivity contribution in [2.24, 2.45) is 0 Å². The summed E-state index contributed by atoms with van der Waals surface area (Å²) in [6.45, 7) is 0.312. The first-order valence-corrected chi connectivity index (χ1v) is 8.34. The number of nitrogens with one attached hydrogen (secondary N) is 1. The highest BCUT2D eigenvalue weighted by Gasteiger charge is 2.20. The predicted molar refractivity (Wildman–Crippen MR) is 91.1 cm³/mol. The average Bonchev–Trinajstić information content (AvgIpc) is 3.08. The Kier molecular flexibility index (Phi) is 6.31. The zero-order chi connectivity index (χ0) is 16.7. The molecule has 0 spiro atoms. The van der Waals surface area contributed by atoms with Gasteiger partial charge in [-0.2, -0.15) is 0 Å². The fraction of sp³-hybridized carbons (Fsp3) is 0.294. The summed E-state index contributed by atoms with van der Waals surface area (Å²) in [6, 6.07) is 14.3. The number of nitrogens with two attached hydrogens (primary N) is 1. The van der Waals surface area contributed by atoms with E-state index in [2.05, 4.69) is 23.5 Å². The van der Waals surface area contributed by atoms with Gasteiger partial charge in [0.25, 0.3) is 5.91 Å². The van der Waals surface area contributed by atoms with E-state index in [4.69, 9.17) is 0 Å². The van der Waals surface area contributed by atoms with Crippen LogP contribution in [0.1, 0.15) is 16.5 Å². The second-order valence-electron chi connectivity index (χ2n) is 5.41. The molecule has 0 aliphatic heterocycles. The van der Waals surface area contributed by atoms with E-state index in [0.717, 1.165) is 5.56 Å². The molecule has 1 aromatic heterocycles. The second kappa shape index (κ2) is 8.45. The number of benzene rings is 1. The van der Waals surface area contributed by atoms with Crippen LogP contribution in [0, 0.1) is 0 Å². The molecule has 0 saturated heterocycles. The maximum absolute atomic E-state index is 12.0. The van der Waals surface area contributed by atoms with Gasteiger partial charge in [0.15, 0.2) is 6.54 Å². The van der Waals surface area contributed by atoms with Crippen LogP contribution in [0.3, 0.4) is 0 Å². The highest BCUT2D eigenvalue weighted by molar-refractivity contribution is 7.10. The maximum atomic E-state index is 12.0. The van der Waals surface area contributed by atoms with Gasteiger partial charge in [0, 0.05) is 19.7 Å². The monoisotopic (exact) mass is 332 g/mol. The Hall–Kier alpha value is -2.18. The van der Waals surface area contributed by atoms with Gasteiger partial charge in [-0.1, -0.05) is 36.4 Å². The highest BCUT2D eigenvalue weighted by atomic mass is 32.1. The molecule has 23 heavy (non-hydrogen) atoms. The van der Waals surface area contributed by atoms with E-state index in [-0.39, 0.29) is 30.9 Å². The van der Waals surface area contributed by atoms with Crippen molar-refractivity contribution in [2.45, 2.75) is 6.04 Å². The number of rotatable bonds is 7. The van der Waals surface area contributed by atoms with E-state index in [1.165, 1.54) is 9.78 Å². The lowest BCUT2D eigenvalue weighted by atomic mass is 10.1. The molecule has 0 fully saturated rings. The third kappa shape index (κ3) is 5.19. The molecule has 122 valence electrons. The minimum Gasteiger partial charge on any atom is -0.347 e. The van der Waals surface area contributed by atoms with Crippen molar-refractivity contribution in [3.8, 4) is 0 Å². The molecular weight excluding hydrogens is 310 g/mol. The lowest BCUT2D eigenvalue weighted by molar-refractivity contribution is -0.676. The molecule has 0 radical (unpaired) electrons. The largest absolute Gasteiger partial charge is 0.347 e. The summed E-state index contributed by atoms with van der Waals surface area (Å²) in [4.78, 5) is 26.1. The van der Waals surface area contributed by atoms with Crippen LogP contribution in [0.5, 0.6) is 0 Å². The average molecular weight is 332 g/mol. The lowest BCUT2D eigenvalue weighted by Gasteiger charge is -2.15. The van der Waals surface area contributed by atoms with Gasteiger partial charge in [-0.15, -0.1) is 11.3 Å². The molecule has 1 aromatic carbocycles. The van der Waals surface area contributed by atoms with Crippen LogP contribution < -0.4 is 10.6 Å². The number of amides is 2. The van der Waals surface area contributed by atoms with Gasteiger partial charge in [0.1, 0.15) is 6.04 Å². The zero-order valence-electron chi connectivity index (χ0n) is 13.4. The van der Waals surface area contributed by atoms with Crippen molar-refractivity contribution in [1.82, 2.24) is 10.2 Å². The molecule has 3 N–H and O–H groups in total. The molecule has 6 heteroatoms. The third-order valence-electron chi connectivity index (χ3n) is 3.48. The van der Waals surface area contributed by atoms with Crippen molar-refractivity contribution < 1.29 is 14.9 Å². The van der Waals surface area contributed by atoms with Crippen LogP contribution in [0.2, 0.25) is 0 Å². The molecule has 0 unspecified atom stereocenters. The van der Waals surface area contributed by atoms with Crippen molar-refractivity contribution in [3.63, 3.8) is 0 Å². The Balaban J connectivity index is 1.94. The Bertz CT molecular complexity index is 627. The molecule has 2 rings (SSSR count). The van der Waals surface area contributed by atoms with Crippen LogP contribution in [0.4, 0.5) is 0 Å². The molecular formula is C17H22N3O2S+. The molecule has 0 aliphatic carbocycles. The molecule has 0 bridgehead atoms. The summed E-state index contributed by atoms with van der Waals surface area (Å²) in [5, 5.41) is 6.69. The zero-order valence-corrected chi connectivity index (χ0v) is 14.2. The lowest BCUT2D eigenvalue weighted by Crippen LogP contribution is -2.87. The second-order valence-corrected chi connectivity index (χ2v) is 6.39.